The second-order valence-electron chi connectivity index (χ2n) is 8.96. The number of carbonyl (C=O) groups is 3. The smallest absolute Gasteiger partial charge is 0.410 e. The zero-order valence-corrected chi connectivity index (χ0v) is 17.8. The molecule has 8 nitrogen and oxygen atoms in total. The molecule has 0 aliphatic carbocycles. The molecule has 0 radical (unpaired) electrons. The van der Waals surface area contributed by atoms with Crippen LogP contribution in [0.5, 0.6) is 0 Å². The highest BCUT2D eigenvalue weighted by Crippen LogP contribution is 2.28. The monoisotopic (exact) mass is 397 g/mol. The van der Waals surface area contributed by atoms with Gasteiger partial charge in [0.1, 0.15) is 5.60 Å². The predicted molar refractivity (Wildman–Crippen MR) is 105 cm³/mol. The third kappa shape index (κ3) is 6.56. The van der Waals surface area contributed by atoms with E-state index in [9.17, 15) is 14.4 Å². The van der Waals surface area contributed by atoms with Gasteiger partial charge in [-0.2, -0.15) is 0 Å². The van der Waals surface area contributed by atoms with Gasteiger partial charge in [-0.15, -0.1) is 0 Å². The van der Waals surface area contributed by atoms with Crippen molar-refractivity contribution in [2.24, 2.45) is 11.8 Å². The Kier molecular flexibility index (Phi) is 7.55. The predicted octanol–water partition coefficient (Wildman–Crippen LogP) is 2.62. The van der Waals surface area contributed by atoms with E-state index in [-0.39, 0.29) is 30.1 Å². The van der Waals surface area contributed by atoms with Gasteiger partial charge in [0.25, 0.3) is 0 Å². The first-order valence-electron chi connectivity index (χ1n) is 10.2. The lowest BCUT2D eigenvalue weighted by Crippen LogP contribution is -2.43. The quantitative estimate of drug-likeness (QED) is 0.788. The van der Waals surface area contributed by atoms with E-state index < -0.39 is 5.60 Å². The summed E-state index contributed by atoms with van der Waals surface area (Å²) < 4.78 is 10.2. The molecule has 0 unspecified atom stereocenters. The van der Waals surface area contributed by atoms with Gasteiger partial charge in [-0.3, -0.25) is 4.79 Å². The van der Waals surface area contributed by atoms with Gasteiger partial charge in [-0.05, 0) is 51.9 Å². The number of rotatable bonds is 4. The van der Waals surface area contributed by atoms with E-state index in [1.54, 1.807) is 9.80 Å². The summed E-state index contributed by atoms with van der Waals surface area (Å²) in [5.41, 5.74) is -0.483. The molecule has 160 valence electrons. The molecule has 3 amide bonds. The first-order valence-corrected chi connectivity index (χ1v) is 10.2. The van der Waals surface area contributed by atoms with Crippen molar-refractivity contribution in [2.75, 3.05) is 33.3 Å². The van der Waals surface area contributed by atoms with Crippen molar-refractivity contribution in [1.29, 1.82) is 0 Å². The second kappa shape index (κ2) is 9.47. The summed E-state index contributed by atoms with van der Waals surface area (Å²) in [6, 6.07) is -0.00665. The lowest BCUT2D eigenvalue weighted by atomic mass is 9.83. The largest absolute Gasteiger partial charge is 0.453 e. The number of hydrogen-bond acceptors (Lipinski definition) is 5. The lowest BCUT2D eigenvalue weighted by Gasteiger charge is -2.35. The molecule has 0 saturated carbocycles. The molecular formula is C20H35N3O5. The fraction of sp³-hybridized carbons (Fsp3) is 0.850. The van der Waals surface area contributed by atoms with Gasteiger partial charge in [0.15, 0.2) is 0 Å². The second-order valence-corrected chi connectivity index (χ2v) is 8.96. The van der Waals surface area contributed by atoms with Crippen LogP contribution in [0.25, 0.3) is 0 Å². The highest BCUT2D eigenvalue weighted by Gasteiger charge is 2.31. The number of piperidine rings is 1. The SMILES string of the molecule is COC(=O)N1CC[C@@H](NC(=O)C[C@H](C)C2CCN(C(=O)OC(C)(C)C)CC2)C1. The van der Waals surface area contributed by atoms with Crippen LogP contribution in [-0.2, 0) is 14.3 Å². The van der Waals surface area contributed by atoms with E-state index in [0.717, 1.165) is 19.3 Å². The van der Waals surface area contributed by atoms with Crippen LogP contribution < -0.4 is 5.32 Å². The number of amides is 3. The number of hydrogen-bond donors (Lipinski definition) is 1. The van der Waals surface area contributed by atoms with Crippen molar-refractivity contribution >= 4 is 18.1 Å². The van der Waals surface area contributed by atoms with Crippen LogP contribution in [-0.4, -0.2) is 72.8 Å². The van der Waals surface area contributed by atoms with Crippen LogP contribution in [0.4, 0.5) is 9.59 Å². The first kappa shape index (κ1) is 22.3. The van der Waals surface area contributed by atoms with E-state index in [1.807, 2.05) is 20.8 Å². The lowest BCUT2D eigenvalue weighted by molar-refractivity contribution is -0.123. The van der Waals surface area contributed by atoms with Gasteiger partial charge < -0.3 is 24.6 Å². The molecule has 2 atom stereocenters. The molecule has 0 bridgehead atoms. The summed E-state index contributed by atoms with van der Waals surface area (Å²) in [5, 5.41) is 3.04. The van der Waals surface area contributed by atoms with E-state index in [0.29, 0.717) is 38.5 Å². The van der Waals surface area contributed by atoms with Crippen molar-refractivity contribution in [3.05, 3.63) is 0 Å². The number of nitrogens with one attached hydrogen (secondary N) is 1. The third-order valence-corrected chi connectivity index (χ3v) is 5.49. The van der Waals surface area contributed by atoms with Gasteiger partial charge in [0.05, 0.1) is 7.11 Å². The van der Waals surface area contributed by atoms with Gasteiger partial charge >= 0.3 is 12.2 Å². The summed E-state index contributed by atoms with van der Waals surface area (Å²) in [6.07, 6.45) is 2.38. The average Bonchev–Trinajstić information content (AvgIpc) is 3.08. The van der Waals surface area contributed by atoms with Crippen LogP contribution in [0.15, 0.2) is 0 Å². The zero-order chi connectivity index (χ0) is 20.9. The number of nitrogens with zero attached hydrogens (tertiary/aromatic N) is 2. The molecule has 8 heteroatoms. The minimum absolute atomic E-state index is 0.00665. The highest BCUT2D eigenvalue weighted by molar-refractivity contribution is 5.77. The van der Waals surface area contributed by atoms with Gasteiger partial charge in [0, 0.05) is 38.6 Å². The maximum Gasteiger partial charge on any atom is 0.410 e. The average molecular weight is 398 g/mol. The Morgan fingerprint density at radius 1 is 1.04 bits per heavy atom. The van der Waals surface area contributed by atoms with E-state index in [1.165, 1.54) is 7.11 Å². The minimum atomic E-state index is -0.483. The Morgan fingerprint density at radius 3 is 2.21 bits per heavy atom. The molecule has 2 aliphatic rings. The molecule has 0 aromatic carbocycles. The maximum absolute atomic E-state index is 12.4. The Labute approximate surface area is 167 Å². The Balaban J connectivity index is 1.71. The molecule has 0 aromatic rings. The number of ether oxygens (including phenoxy) is 2. The summed E-state index contributed by atoms with van der Waals surface area (Å²) >= 11 is 0. The number of likely N-dealkylation sites (tertiary alicyclic amines) is 2. The Morgan fingerprint density at radius 2 is 1.64 bits per heavy atom. The van der Waals surface area contributed by atoms with Crippen LogP contribution in [0.3, 0.4) is 0 Å². The Bertz CT molecular complexity index is 567. The van der Waals surface area contributed by atoms with Crippen molar-refractivity contribution < 1.29 is 23.9 Å². The Hall–Kier alpha value is -1.99. The fourth-order valence-corrected chi connectivity index (χ4v) is 3.90. The van der Waals surface area contributed by atoms with Crippen molar-refractivity contribution in [2.45, 2.75) is 65.0 Å². The van der Waals surface area contributed by atoms with Gasteiger partial charge in [-0.1, -0.05) is 6.92 Å². The summed E-state index contributed by atoms with van der Waals surface area (Å²) in [7, 11) is 1.37. The zero-order valence-electron chi connectivity index (χ0n) is 17.8. The maximum atomic E-state index is 12.4. The van der Waals surface area contributed by atoms with Gasteiger partial charge in [-0.25, -0.2) is 9.59 Å². The van der Waals surface area contributed by atoms with Crippen LogP contribution >= 0.6 is 0 Å². The van der Waals surface area contributed by atoms with Crippen LogP contribution in [0.2, 0.25) is 0 Å². The van der Waals surface area contributed by atoms with E-state index >= 15 is 0 Å². The molecule has 2 heterocycles. The van der Waals surface area contributed by atoms with Crippen molar-refractivity contribution in [3.63, 3.8) is 0 Å². The highest BCUT2D eigenvalue weighted by atomic mass is 16.6. The topological polar surface area (TPSA) is 88.2 Å². The van der Waals surface area contributed by atoms with Crippen LogP contribution in [0.1, 0.15) is 53.4 Å². The molecular weight excluding hydrogens is 362 g/mol. The summed E-state index contributed by atoms with van der Waals surface area (Å²) in [5.74, 6) is 0.692. The summed E-state index contributed by atoms with van der Waals surface area (Å²) in [4.78, 5) is 39.5. The van der Waals surface area contributed by atoms with Gasteiger partial charge in [0.2, 0.25) is 5.91 Å². The normalized spacial score (nSPS) is 22.0. The van der Waals surface area contributed by atoms with Crippen molar-refractivity contribution in [3.8, 4) is 0 Å². The number of carbonyl (C=O) groups excluding carboxylic acids is 3. The molecule has 28 heavy (non-hydrogen) atoms. The van der Waals surface area contributed by atoms with E-state index in [4.69, 9.17) is 9.47 Å². The molecule has 2 fully saturated rings. The molecule has 1 N–H and O–H groups in total. The molecule has 2 rings (SSSR count). The first-order chi connectivity index (χ1) is 13.1. The van der Waals surface area contributed by atoms with E-state index in [2.05, 4.69) is 12.2 Å². The minimum Gasteiger partial charge on any atom is -0.453 e. The third-order valence-electron chi connectivity index (χ3n) is 5.49. The molecule has 2 saturated heterocycles. The molecule has 2 aliphatic heterocycles. The van der Waals surface area contributed by atoms with Crippen LogP contribution in [0, 0.1) is 11.8 Å². The molecule has 0 spiro atoms. The number of methoxy groups -OCH3 is 1. The molecule has 0 aromatic heterocycles. The fourth-order valence-electron chi connectivity index (χ4n) is 3.90. The van der Waals surface area contributed by atoms with Crippen molar-refractivity contribution in [1.82, 2.24) is 15.1 Å². The summed E-state index contributed by atoms with van der Waals surface area (Å²) in [6.45, 7) is 10.2. The standard InChI is InChI=1S/C20H35N3O5/c1-14(12-17(24)21-16-8-11-23(13-16)18(25)27-5)15-6-9-22(10-7-15)19(26)28-20(2,3)4/h14-16H,6-13H2,1-5H3,(H,21,24)/t14-,16+/m0/s1.